The zero-order valence-electron chi connectivity index (χ0n) is 13.1. The van der Waals surface area contributed by atoms with Crippen molar-refractivity contribution in [1.82, 2.24) is 9.78 Å². The monoisotopic (exact) mass is 321 g/mol. The van der Waals surface area contributed by atoms with E-state index in [1.807, 2.05) is 4.90 Å². The predicted molar refractivity (Wildman–Crippen MR) is 82.1 cm³/mol. The lowest BCUT2D eigenvalue weighted by Gasteiger charge is -2.29. The summed E-state index contributed by atoms with van der Waals surface area (Å²) in [7, 11) is 3.33. The van der Waals surface area contributed by atoms with Crippen molar-refractivity contribution in [3.63, 3.8) is 0 Å². The first-order valence-corrected chi connectivity index (χ1v) is 7.51. The Morgan fingerprint density at radius 2 is 2.35 bits per heavy atom. The molecule has 2 aliphatic rings. The molecule has 1 aliphatic carbocycles. The van der Waals surface area contributed by atoms with Crippen LogP contribution in [0.4, 0.5) is 11.5 Å². The molecule has 1 saturated carbocycles. The number of aromatic nitrogens is 2. The minimum atomic E-state index is -0.411. The fourth-order valence-electron chi connectivity index (χ4n) is 3.69. The highest BCUT2D eigenvalue weighted by molar-refractivity contribution is 5.58. The predicted octanol–water partition coefficient (Wildman–Crippen LogP) is 2.01. The summed E-state index contributed by atoms with van der Waals surface area (Å²) in [5, 5.41) is 19.2. The van der Waals surface area contributed by atoms with E-state index in [2.05, 4.69) is 15.1 Å². The second-order valence-electron chi connectivity index (χ2n) is 6.24. The molecule has 2 heterocycles. The van der Waals surface area contributed by atoms with Crippen LogP contribution in [0, 0.1) is 15.5 Å². The van der Waals surface area contributed by atoms with E-state index in [1.54, 1.807) is 14.2 Å². The van der Waals surface area contributed by atoms with Crippen LogP contribution in [0.2, 0.25) is 0 Å². The normalized spacial score (nSPS) is 25.7. The van der Waals surface area contributed by atoms with E-state index in [4.69, 9.17) is 10.3 Å². The maximum absolute atomic E-state index is 11.3. The molecule has 124 valence electrons. The van der Waals surface area contributed by atoms with Crippen molar-refractivity contribution in [3.8, 4) is 0 Å². The van der Waals surface area contributed by atoms with Gasteiger partial charge in [-0.05, 0) is 24.8 Å². The van der Waals surface area contributed by atoms with Crippen LogP contribution in [0.5, 0.6) is 0 Å². The molecule has 1 spiro atoms. The van der Waals surface area contributed by atoms with Gasteiger partial charge in [-0.1, -0.05) is 5.11 Å². The molecule has 2 fully saturated rings. The van der Waals surface area contributed by atoms with Crippen LogP contribution in [0.3, 0.4) is 0 Å². The molecule has 0 amide bonds. The molecule has 10 heteroatoms. The van der Waals surface area contributed by atoms with Gasteiger partial charge in [0.1, 0.15) is 6.20 Å². The van der Waals surface area contributed by atoms with Crippen molar-refractivity contribution in [1.29, 1.82) is 0 Å². The van der Waals surface area contributed by atoms with Gasteiger partial charge in [-0.15, -0.1) is 0 Å². The van der Waals surface area contributed by atoms with Crippen molar-refractivity contribution in [2.24, 2.45) is 17.6 Å². The van der Waals surface area contributed by atoms with E-state index in [0.29, 0.717) is 25.3 Å². The Hall–Kier alpha value is -2.32. The molecule has 3 rings (SSSR count). The third-order valence-electron chi connectivity index (χ3n) is 4.88. The van der Waals surface area contributed by atoms with Gasteiger partial charge in [0.25, 0.3) is 0 Å². The summed E-state index contributed by atoms with van der Waals surface area (Å²) in [5.41, 5.74) is 8.70. The molecule has 2 atom stereocenters. The third-order valence-corrected chi connectivity index (χ3v) is 4.88. The Kier molecular flexibility index (Phi) is 3.87. The average Bonchev–Trinajstić information content (AvgIpc) is 3.20. The molecule has 1 aromatic heterocycles. The van der Waals surface area contributed by atoms with Gasteiger partial charge < -0.3 is 9.64 Å². The number of azide groups is 1. The standard InChI is InChI=1S/C13H19N7O3/c1-18-12(10(7-15-18)20(21)22)19-6-3-9(16-17-14)11(23-2)13(8-19)4-5-13/h7,9,11H,3-6,8H2,1-2H3/t9-,11-/m1/s1. The van der Waals surface area contributed by atoms with Crippen LogP contribution in [-0.4, -0.2) is 47.0 Å². The number of methoxy groups -OCH3 is 1. The average molecular weight is 321 g/mol. The maximum Gasteiger partial charge on any atom is 0.331 e. The van der Waals surface area contributed by atoms with Gasteiger partial charge in [0, 0.05) is 37.6 Å². The van der Waals surface area contributed by atoms with Gasteiger partial charge in [0.2, 0.25) is 5.82 Å². The van der Waals surface area contributed by atoms with E-state index in [1.165, 1.54) is 10.9 Å². The number of rotatable bonds is 4. The lowest BCUT2D eigenvalue weighted by molar-refractivity contribution is -0.384. The van der Waals surface area contributed by atoms with Crippen molar-refractivity contribution < 1.29 is 9.66 Å². The highest BCUT2D eigenvalue weighted by atomic mass is 16.6. The zero-order valence-corrected chi connectivity index (χ0v) is 13.1. The number of hydrogen-bond acceptors (Lipinski definition) is 6. The Labute approximate surface area is 132 Å². The number of hydrogen-bond donors (Lipinski definition) is 0. The van der Waals surface area contributed by atoms with Crippen molar-refractivity contribution >= 4 is 11.5 Å². The largest absolute Gasteiger partial charge is 0.380 e. The first-order valence-electron chi connectivity index (χ1n) is 7.51. The number of ether oxygens (including phenoxy) is 1. The molecule has 23 heavy (non-hydrogen) atoms. The minimum absolute atomic E-state index is 0.000462. The fourth-order valence-corrected chi connectivity index (χ4v) is 3.69. The first kappa shape index (κ1) is 15.6. The summed E-state index contributed by atoms with van der Waals surface area (Å²) in [6.07, 6.45) is 3.64. The van der Waals surface area contributed by atoms with E-state index in [9.17, 15) is 10.1 Å². The summed E-state index contributed by atoms with van der Waals surface area (Å²) in [4.78, 5) is 15.8. The molecule has 1 aromatic rings. The van der Waals surface area contributed by atoms with Crippen LogP contribution >= 0.6 is 0 Å². The van der Waals surface area contributed by atoms with Gasteiger partial charge in [-0.3, -0.25) is 10.1 Å². The van der Waals surface area contributed by atoms with Crippen molar-refractivity contribution in [3.05, 3.63) is 26.8 Å². The van der Waals surface area contributed by atoms with Gasteiger partial charge in [-0.25, -0.2) is 4.68 Å². The minimum Gasteiger partial charge on any atom is -0.380 e. The van der Waals surface area contributed by atoms with Crippen LogP contribution < -0.4 is 4.90 Å². The van der Waals surface area contributed by atoms with Gasteiger partial charge in [0.15, 0.2) is 0 Å². The molecular weight excluding hydrogens is 302 g/mol. The van der Waals surface area contributed by atoms with Crippen LogP contribution in [0.25, 0.3) is 10.4 Å². The molecule has 0 N–H and O–H groups in total. The van der Waals surface area contributed by atoms with E-state index < -0.39 is 4.92 Å². The van der Waals surface area contributed by atoms with Crippen molar-refractivity contribution in [2.45, 2.75) is 31.4 Å². The number of aryl methyl sites for hydroxylation is 1. The number of nitro groups is 1. The smallest absolute Gasteiger partial charge is 0.331 e. The van der Waals surface area contributed by atoms with E-state index in [0.717, 1.165) is 12.8 Å². The molecule has 0 bridgehead atoms. The number of nitrogens with zero attached hydrogens (tertiary/aromatic N) is 7. The van der Waals surface area contributed by atoms with Crippen molar-refractivity contribution in [2.75, 3.05) is 25.1 Å². The Morgan fingerprint density at radius 3 is 2.91 bits per heavy atom. The van der Waals surface area contributed by atoms with Gasteiger partial charge in [-0.2, -0.15) is 5.10 Å². The van der Waals surface area contributed by atoms with E-state index >= 15 is 0 Å². The van der Waals surface area contributed by atoms with Gasteiger partial charge >= 0.3 is 5.69 Å². The lowest BCUT2D eigenvalue weighted by atomic mass is 9.93. The zero-order chi connectivity index (χ0) is 16.6. The second-order valence-corrected chi connectivity index (χ2v) is 6.24. The molecule has 1 saturated heterocycles. The maximum atomic E-state index is 11.3. The summed E-state index contributed by atoms with van der Waals surface area (Å²) in [5.74, 6) is 0.498. The van der Waals surface area contributed by atoms with Crippen LogP contribution in [0.1, 0.15) is 19.3 Å². The number of anilines is 1. The molecule has 0 aromatic carbocycles. The van der Waals surface area contributed by atoms with Gasteiger partial charge in [0.05, 0.1) is 17.1 Å². The second kappa shape index (κ2) is 5.71. The molecule has 1 aliphatic heterocycles. The Bertz CT molecular complexity index is 663. The highest BCUT2D eigenvalue weighted by Crippen LogP contribution is 2.54. The molecule has 0 unspecified atom stereocenters. The molecular formula is C13H19N7O3. The fraction of sp³-hybridized carbons (Fsp3) is 0.769. The first-order chi connectivity index (χ1) is 11.0. The quantitative estimate of drug-likeness (QED) is 0.276. The SMILES string of the molecule is CO[C@@H]1[C@H](N=[N+]=[N-])CCN(c2c([N+](=O)[O-])cnn2C)CC12CC2. The lowest BCUT2D eigenvalue weighted by Crippen LogP contribution is -2.38. The Balaban J connectivity index is 1.96. The highest BCUT2D eigenvalue weighted by Gasteiger charge is 2.55. The molecule has 0 radical (unpaired) electrons. The van der Waals surface area contributed by atoms with E-state index in [-0.39, 0.29) is 23.2 Å². The summed E-state index contributed by atoms with van der Waals surface area (Å²) >= 11 is 0. The Morgan fingerprint density at radius 1 is 1.61 bits per heavy atom. The summed E-state index contributed by atoms with van der Waals surface area (Å²) in [6, 6.07) is -0.259. The topological polar surface area (TPSA) is 122 Å². The van der Waals surface area contributed by atoms with Crippen LogP contribution in [0.15, 0.2) is 11.3 Å². The molecule has 10 nitrogen and oxygen atoms in total. The summed E-state index contributed by atoms with van der Waals surface area (Å²) < 4.78 is 7.17. The van der Waals surface area contributed by atoms with Crippen LogP contribution in [-0.2, 0) is 11.8 Å². The third kappa shape index (κ3) is 2.60. The summed E-state index contributed by atoms with van der Waals surface area (Å²) in [6.45, 7) is 1.20.